The van der Waals surface area contributed by atoms with Crippen LogP contribution in [0.1, 0.15) is 90.7 Å². The number of hydrogen-bond acceptors (Lipinski definition) is 4. The molecule has 0 saturated heterocycles. The first-order valence-corrected chi connectivity index (χ1v) is 10.4. The summed E-state index contributed by atoms with van der Waals surface area (Å²) in [4.78, 5) is 16.6. The first-order chi connectivity index (χ1) is 12.6. The second-order valence-electron chi connectivity index (χ2n) is 6.41. The second kappa shape index (κ2) is 15.9. The fraction of sp³-hybridized carbons (Fsp3) is 0.810. The van der Waals surface area contributed by atoms with Crippen LogP contribution < -0.4 is 10.4 Å². The fourth-order valence-corrected chi connectivity index (χ4v) is 2.78. The molecule has 0 aliphatic carbocycles. The molecule has 0 aromatic carbocycles. The number of aryl methyl sites for hydroxylation is 1. The molecule has 1 rings (SSSR count). The van der Waals surface area contributed by atoms with E-state index in [1.165, 1.54) is 0 Å². The summed E-state index contributed by atoms with van der Waals surface area (Å²) in [6, 6.07) is 0.249. The Morgan fingerprint density at radius 3 is 2.15 bits per heavy atom. The molecule has 5 nitrogen and oxygen atoms in total. The Hall–Kier alpha value is -1.36. The summed E-state index contributed by atoms with van der Waals surface area (Å²) >= 11 is 0. The molecule has 1 aromatic heterocycles. The Morgan fingerprint density at radius 2 is 1.62 bits per heavy atom. The van der Waals surface area contributed by atoms with E-state index in [1.807, 2.05) is 31.5 Å². The lowest BCUT2D eigenvalue weighted by atomic mass is 10.0. The van der Waals surface area contributed by atoms with Gasteiger partial charge in [-0.25, -0.2) is 4.79 Å². The van der Waals surface area contributed by atoms with E-state index in [0.717, 1.165) is 63.5 Å². The lowest BCUT2D eigenvalue weighted by molar-refractivity contribution is 0.183. The van der Waals surface area contributed by atoms with Gasteiger partial charge in [0, 0.05) is 31.5 Å². The Bertz CT molecular complexity index is 506. The molecule has 0 fully saturated rings. The van der Waals surface area contributed by atoms with Crippen molar-refractivity contribution in [2.75, 3.05) is 20.3 Å². The first kappa shape index (κ1) is 24.6. The van der Waals surface area contributed by atoms with Gasteiger partial charge in [0.2, 0.25) is 5.88 Å². The van der Waals surface area contributed by atoms with Gasteiger partial charge >= 0.3 is 5.69 Å². The molecular weight excluding hydrogens is 328 g/mol. The van der Waals surface area contributed by atoms with Gasteiger partial charge in [-0.2, -0.15) is 4.98 Å². The van der Waals surface area contributed by atoms with Crippen molar-refractivity contribution in [3.63, 3.8) is 0 Å². The number of unbranched alkanes of at least 4 members (excludes halogenated alkanes) is 3. The monoisotopic (exact) mass is 368 g/mol. The van der Waals surface area contributed by atoms with Crippen LogP contribution in [0.15, 0.2) is 11.0 Å². The van der Waals surface area contributed by atoms with E-state index in [4.69, 9.17) is 9.47 Å². The molecule has 152 valence electrons. The number of ether oxygens (including phenoxy) is 2. The fourth-order valence-electron chi connectivity index (χ4n) is 2.78. The van der Waals surface area contributed by atoms with Gasteiger partial charge < -0.3 is 9.47 Å². The van der Waals surface area contributed by atoms with Gasteiger partial charge in [0.15, 0.2) is 0 Å². The van der Waals surface area contributed by atoms with Gasteiger partial charge in [-0.3, -0.25) is 4.57 Å². The molecule has 5 heteroatoms. The molecule has 0 aliphatic heterocycles. The predicted molar refractivity (Wildman–Crippen MR) is 109 cm³/mol. The Morgan fingerprint density at radius 1 is 1.04 bits per heavy atom. The molecule has 0 amide bonds. The van der Waals surface area contributed by atoms with Crippen molar-refractivity contribution in [3.05, 3.63) is 22.2 Å². The maximum atomic E-state index is 12.4. The summed E-state index contributed by atoms with van der Waals surface area (Å²) in [5.74, 6) is 0.471. The van der Waals surface area contributed by atoms with Gasteiger partial charge in [-0.05, 0) is 32.6 Å². The average molecular weight is 369 g/mol. The molecule has 0 radical (unpaired) electrons. The first-order valence-electron chi connectivity index (χ1n) is 10.4. The zero-order chi connectivity index (χ0) is 19.8. The quantitative estimate of drug-likeness (QED) is 0.443. The SMILES string of the molecule is CC.CCCCC(CCCC)n1cc(C)c(OCCCCOC)nc1=O. The third kappa shape index (κ3) is 9.37. The maximum Gasteiger partial charge on any atom is 0.351 e. The topological polar surface area (TPSA) is 53.4 Å². The predicted octanol–water partition coefficient (Wildman–Crippen LogP) is 5.30. The highest BCUT2D eigenvalue weighted by molar-refractivity contribution is 5.20. The van der Waals surface area contributed by atoms with Crippen LogP contribution in [0.5, 0.6) is 5.88 Å². The molecule has 26 heavy (non-hydrogen) atoms. The summed E-state index contributed by atoms with van der Waals surface area (Å²) in [5.41, 5.74) is 0.740. The molecule has 0 aliphatic rings. The minimum Gasteiger partial charge on any atom is -0.477 e. The number of methoxy groups -OCH3 is 1. The summed E-state index contributed by atoms with van der Waals surface area (Å²) in [6.07, 6.45) is 10.4. The molecule has 0 saturated carbocycles. The smallest absolute Gasteiger partial charge is 0.351 e. The zero-order valence-electron chi connectivity index (χ0n) is 17.8. The third-order valence-corrected chi connectivity index (χ3v) is 4.24. The number of aromatic nitrogens is 2. The zero-order valence-corrected chi connectivity index (χ0v) is 17.8. The molecule has 1 aromatic rings. The number of hydrogen-bond donors (Lipinski definition) is 0. The Balaban J connectivity index is 0.00000301. The van der Waals surface area contributed by atoms with Crippen LogP contribution in [0.3, 0.4) is 0 Å². The largest absolute Gasteiger partial charge is 0.477 e. The summed E-state index contributed by atoms with van der Waals surface area (Å²) in [5, 5.41) is 0. The normalized spacial score (nSPS) is 10.6. The standard InChI is InChI=1S/C19H34N2O3.C2H6/c1-5-7-11-17(12-8-6-2)21-15-16(3)18(20-19(21)22)24-14-10-9-13-23-4;1-2/h15,17H,5-14H2,1-4H3;1-2H3. The van der Waals surface area contributed by atoms with Gasteiger partial charge in [0.25, 0.3) is 0 Å². The summed E-state index contributed by atoms with van der Waals surface area (Å²) in [7, 11) is 1.69. The van der Waals surface area contributed by atoms with E-state index in [9.17, 15) is 4.79 Å². The molecule has 0 unspecified atom stereocenters. The minimum absolute atomic E-state index is 0.190. The molecular formula is C21H40N2O3. The lowest BCUT2D eigenvalue weighted by Gasteiger charge is -2.20. The van der Waals surface area contributed by atoms with Crippen LogP contribution in [0.2, 0.25) is 0 Å². The van der Waals surface area contributed by atoms with Crippen LogP contribution >= 0.6 is 0 Å². The summed E-state index contributed by atoms with van der Waals surface area (Å²) in [6.45, 7) is 11.6. The van der Waals surface area contributed by atoms with E-state index >= 15 is 0 Å². The number of nitrogens with zero attached hydrogens (tertiary/aromatic N) is 2. The van der Waals surface area contributed by atoms with E-state index in [1.54, 1.807) is 7.11 Å². The summed E-state index contributed by atoms with van der Waals surface area (Å²) < 4.78 is 12.5. The van der Waals surface area contributed by atoms with Crippen molar-refractivity contribution >= 4 is 0 Å². The third-order valence-electron chi connectivity index (χ3n) is 4.24. The highest BCUT2D eigenvalue weighted by Crippen LogP contribution is 2.22. The Labute approximate surface area is 160 Å². The van der Waals surface area contributed by atoms with Crippen molar-refractivity contribution in [1.29, 1.82) is 0 Å². The van der Waals surface area contributed by atoms with Crippen LogP contribution in [0, 0.1) is 6.92 Å². The van der Waals surface area contributed by atoms with Crippen molar-refractivity contribution in [2.24, 2.45) is 0 Å². The van der Waals surface area contributed by atoms with Crippen molar-refractivity contribution < 1.29 is 9.47 Å². The molecule has 0 spiro atoms. The molecule has 1 heterocycles. The molecule has 0 N–H and O–H groups in total. The van der Waals surface area contributed by atoms with Gasteiger partial charge in [-0.15, -0.1) is 0 Å². The van der Waals surface area contributed by atoms with E-state index in [2.05, 4.69) is 18.8 Å². The highest BCUT2D eigenvalue weighted by Gasteiger charge is 2.15. The minimum atomic E-state index is -0.190. The van der Waals surface area contributed by atoms with Crippen LogP contribution in [-0.4, -0.2) is 29.9 Å². The van der Waals surface area contributed by atoms with Crippen LogP contribution in [-0.2, 0) is 4.74 Å². The maximum absolute atomic E-state index is 12.4. The molecule has 0 atom stereocenters. The second-order valence-corrected chi connectivity index (χ2v) is 6.41. The van der Waals surface area contributed by atoms with Crippen LogP contribution in [0.25, 0.3) is 0 Å². The van der Waals surface area contributed by atoms with Gasteiger partial charge in [-0.1, -0.05) is 53.4 Å². The van der Waals surface area contributed by atoms with E-state index in [0.29, 0.717) is 12.5 Å². The van der Waals surface area contributed by atoms with Crippen molar-refractivity contribution in [3.8, 4) is 5.88 Å². The van der Waals surface area contributed by atoms with Crippen molar-refractivity contribution in [1.82, 2.24) is 9.55 Å². The van der Waals surface area contributed by atoms with Crippen molar-refractivity contribution in [2.45, 2.75) is 92.0 Å². The highest BCUT2D eigenvalue weighted by atomic mass is 16.5. The average Bonchev–Trinajstić information content (AvgIpc) is 2.66. The van der Waals surface area contributed by atoms with E-state index < -0.39 is 0 Å². The van der Waals surface area contributed by atoms with Gasteiger partial charge in [0.05, 0.1) is 6.61 Å². The van der Waals surface area contributed by atoms with Crippen LogP contribution in [0.4, 0.5) is 0 Å². The lowest BCUT2D eigenvalue weighted by Crippen LogP contribution is -2.28. The Kier molecular flexibility index (Phi) is 15.0. The van der Waals surface area contributed by atoms with Gasteiger partial charge in [0.1, 0.15) is 0 Å². The number of rotatable bonds is 13. The van der Waals surface area contributed by atoms with E-state index in [-0.39, 0.29) is 11.7 Å². The molecule has 0 bridgehead atoms.